The number of nitrogens with zero attached hydrogens (tertiary/aromatic N) is 1. The quantitative estimate of drug-likeness (QED) is 0.647. The first-order valence-electron chi connectivity index (χ1n) is 7.80. The van der Waals surface area contributed by atoms with Crippen LogP contribution in [0.4, 0.5) is 30.4 Å². The summed E-state index contributed by atoms with van der Waals surface area (Å²) in [4.78, 5) is 16.3. The van der Waals surface area contributed by atoms with Crippen molar-refractivity contribution >= 4 is 23.1 Å². The number of methoxy groups -OCH3 is 1. The molecule has 0 aliphatic carbocycles. The molecular formula is C19H14F3N3O2. The van der Waals surface area contributed by atoms with E-state index in [4.69, 9.17) is 4.74 Å². The van der Waals surface area contributed by atoms with Gasteiger partial charge in [-0.1, -0.05) is 12.1 Å². The van der Waals surface area contributed by atoms with Crippen molar-refractivity contribution in [2.24, 2.45) is 0 Å². The minimum absolute atomic E-state index is 0.161. The van der Waals surface area contributed by atoms with E-state index in [0.717, 1.165) is 12.1 Å². The molecule has 0 radical (unpaired) electrons. The molecule has 0 aliphatic rings. The van der Waals surface area contributed by atoms with Gasteiger partial charge in [-0.3, -0.25) is 4.79 Å². The van der Waals surface area contributed by atoms with Gasteiger partial charge in [-0.15, -0.1) is 0 Å². The SMILES string of the molecule is COc1ccccc1NC(=O)c1ccc(Nc2ccc(F)c(F)c2F)nc1. The number of rotatable bonds is 5. The van der Waals surface area contributed by atoms with E-state index in [1.807, 2.05) is 0 Å². The Morgan fingerprint density at radius 2 is 1.74 bits per heavy atom. The fraction of sp³-hybridized carbons (Fsp3) is 0.0526. The number of aromatic nitrogens is 1. The van der Waals surface area contributed by atoms with Gasteiger partial charge in [-0.05, 0) is 36.4 Å². The Morgan fingerprint density at radius 1 is 0.963 bits per heavy atom. The second-order valence-corrected chi connectivity index (χ2v) is 5.43. The molecular weight excluding hydrogens is 359 g/mol. The number of para-hydroxylation sites is 2. The van der Waals surface area contributed by atoms with Gasteiger partial charge in [-0.2, -0.15) is 0 Å². The van der Waals surface area contributed by atoms with Crippen molar-refractivity contribution in [2.45, 2.75) is 0 Å². The Balaban J connectivity index is 1.73. The lowest BCUT2D eigenvalue weighted by Gasteiger charge is -2.10. The van der Waals surface area contributed by atoms with Crippen LogP contribution >= 0.6 is 0 Å². The fourth-order valence-corrected chi connectivity index (χ4v) is 2.30. The predicted molar refractivity (Wildman–Crippen MR) is 94.8 cm³/mol. The second-order valence-electron chi connectivity index (χ2n) is 5.43. The van der Waals surface area contributed by atoms with Gasteiger partial charge in [0.1, 0.15) is 11.6 Å². The smallest absolute Gasteiger partial charge is 0.257 e. The number of pyridine rings is 1. The molecule has 1 amide bonds. The van der Waals surface area contributed by atoms with Crippen LogP contribution in [0.3, 0.4) is 0 Å². The summed E-state index contributed by atoms with van der Waals surface area (Å²) in [5.74, 6) is -3.96. The average molecular weight is 373 g/mol. The van der Waals surface area contributed by atoms with Gasteiger partial charge in [0.15, 0.2) is 17.5 Å². The van der Waals surface area contributed by atoms with Crippen molar-refractivity contribution in [3.05, 3.63) is 77.7 Å². The number of carbonyl (C=O) groups is 1. The van der Waals surface area contributed by atoms with Crippen molar-refractivity contribution in [1.29, 1.82) is 0 Å². The number of anilines is 3. The maximum absolute atomic E-state index is 13.7. The third kappa shape index (κ3) is 4.00. The Bertz CT molecular complexity index is 978. The highest BCUT2D eigenvalue weighted by Crippen LogP contribution is 2.25. The van der Waals surface area contributed by atoms with Crippen LogP contribution in [-0.2, 0) is 0 Å². The predicted octanol–water partition coefficient (Wildman–Crippen LogP) is 4.50. The molecule has 0 fully saturated rings. The van der Waals surface area contributed by atoms with Crippen molar-refractivity contribution < 1.29 is 22.7 Å². The molecule has 2 N–H and O–H groups in total. The van der Waals surface area contributed by atoms with Crippen LogP contribution in [0.1, 0.15) is 10.4 Å². The maximum atomic E-state index is 13.7. The summed E-state index contributed by atoms with van der Waals surface area (Å²) < 4.78 is 45.1. The van der Waals surface area contributed by atoms with Crippen LogP contribution in [0.5, 0.6) is 5.75 Å². The maximum Gasteiger partial charge on any atom is 0.257 e. The highest BCUT2D eigenvalue weighted by molar-refractivity contribution is 6.04. The molecule has 1 heterocycles. The van der Waals surface area contributed by atoms with Gasteiger partial charge in [-0.25, -0.2) is 18.2 Å². The molecule has 0 spiro atoms. The van der Waals surface area contributed by atoms with Gasteiger partial charge in [0.2, 0.25) is 0 Å². The molecule has 8 heteroatoms. The van der Waals surface area contributed by atoms with E-state index in [1.165, 1.54) is 25.4 Å². The summed E-state index contributed by atoms with van der Waals surface area (Å²) in [6.07, 6.45) is 1.27. The summed E-state index contributed by atoms with van der Waals surface area (Å²) in [5, 5.41) is 5.22. The number of hydrogen-bond donors (Lipinski definition) is 2. The minimum atomic E-state index is -1.58. The van der Waals surface area contributed by atoms with Gasteiger partial charge < -0.3 is 15.4 Å². The lowest BCUT2D eigenvalue weighted by molar-refractivity contribution is 0.102. The summed E-state index contributed by atoms with van der Waals surface area (Å²) in [7, 11) is 1.49. The molecule has 0 saturated carbocycles. The zero-order chi connectivity index (χ0) is 19.4. The molecule has 0 bridgehead atoms. The van der Waals surface area contributed by atoms with Gasteiger partial charge in [0, 0.05) is 6.20 Å². The third-order valence-electron chi connectivity index (χ3n) is 3.68. The van der Waals surface area contributed by atoms with Crippen molar-refractivity contribution in [2.75, 3.05) is 17.7 Å². The first-order chi connectivity index (χ1) is 13.0. The lowest BCUT2D eigenvalue weighted by Crippen LogP contribution is -2.13. The number of nitrogens with one attached hydrogen (secondary N) is 2. The molecule has 3 rings (SSSR count). The molecule has 0 saturated heterocycles. The summed E-state index contributed by atoms with van der Waals surface area (Å²) >= 11 is 0. The first-order valence-corrected chi connectivity index (χ1v) is 7.80. The van der Waals surface area contributed by atoms with E-state index in [9.17, 15) is 18.0 Å². The number of halogens is 3. The highest BCUT2D eigenvalue weighted by atomic mass is 19.2. The van der Waals surface area contributed by atoms with Gasteiger partial charge >= 0.3 is 0 Å². The normalized spacial score (nSPS) is 10.4. The number of benzene rings is 2. The molecule has 2 aromatic carbocycles. The molecule has 138 valence electrons. The Kier molecular flexibility index (Phi) is 5.25. The minimum Gasteiger partial charge on any atom is -0.495 e. The standard InChI is InChI=1S/C19H14F3N3O2/c1-27-15-5-3-2-4-13(15)25-19(26)11-6-9-16(23-10-11)24-14-8-7-12(20)17(21)18(14)22/h2-10H,1H3,(H,23,24)(H,25,26). The molecule has 0 aliphatic heterocycles. The van der Waals surface area contributed by atoms with Crippen LogP contribution in [-0.4, -0.2) is 18.0 Å². The number of carbonyl (C=O) groups excluding carboxylic acids is 1. The van der Waals surface area contributed by atoms with Gasteiger partial charge in [0.25, 0.3) is 5.91 Å². The van der Waals surface area contributed by atoms with Crippen molar-refractivity contribution in [3.63, 3.8) is 0 Å². The van der Waals surface area contributed by atoms with Crippen LogP contribution in [0.15, 0.2) is 54.7 Å². The molecule has 1 aromatic heterocycles. The number of hydrogen-bond acceptors (Lipinski definition) is 4. The number of amides is 1. The summed E-state index contributed by atoms with van der Waals surface area (Å²) in [6, 6.07) is 11.6. The lowest BCUT2D eigenvalue weighted by atomic mass is 10.2. The number of ether oxygens (including phenoxy) is 1. The monoisotopic (exact) mass is 373 g/mol. The molecule has 0 atom stereocenters. The first kappa shape index (κ1) is 18.2. The van der Waals surface area contributed by atoms with E-state index in [2.05, 4.69) is 15.6 Å². The third-order valence-corrected chi connectivity index (χ3v) is 3.68. The second kappa shape index (κ2) is 7.77. The van der Waals surface area contributed by atoms with Crippen LogP contribution < -0.4 is 15.4 Å². The molecule has 27 heavy (non-hydrogen) atoms. The van der Waals surface area contributed by atoms with Crippen LogP contribution in [0.25, 0.3) is 0 Å². The zero-order valence-electron chi connectivity index (χ0n) is 14.1. The van der Waals surface area contributed by atoms with E-state index in [0.29, 0.717) is 11.4 Å². The Morgan fingerprint density at radius 3 is 2.44 bits per heavy atom. The fourth-order valence-electron chi connectivity index (χ4n) is 2.30. The Hall–Kier alpha value is -3.55. The van der Waals surface area contributed by atoms with E-state index in [-0.39, 0.29) is 17.1 Å². The zero-order valence-corrected chi connectivity index (χ0v) is 14.1. The van der Waals surface area contributed by atoms with Crippen molar-refractivity contribution in [1.82, 2.24) is 4.98 Å². The van der Waals surface area contributed by atoms with Crippen molar-refractivity contribution in [3.8, 4) is 5.75 Å². The molecule has 0 unspecified atom stereocenters. The largest absolute Gasteiger partial charge is 0.495 e. The molecule has 5 nitrogen and oxygen atoms in total. The highest BCUT2D eigenvalue weighted by Gasteiger charge is 2.14. The van der Waals surface area contributed by atoms with Crippen LogP contribution in [0.2, 0.25) is 0 Å². The average Bonchev–Trinajstić information content (AvgIpc) is 2.69. The van der Waals surface area contributed by atoms with Crippen LogP contribution in [0, 0.1) is 17.5 Å². The van der Waals surface area contributed by atoms with E-state index in [1.54, 1.807) is 24.3 Å². The Labute approximate surface area is 152 Å². The van der Waals surface area contributed by atoms with Gasteiger partial charge in [0.05, 0.1) is 24.0 Å². The molecule has 3 aromatic rings. The summed E-state index contributed by atoms with van der Waals surface area (Å²) in [6.45, 7) is 0. The summed E-state index contributed by atoms with van der Waals surface area (Å²) in [5.41, 5.74) is 0.473. The van der Waals surface area contributed by atoms with E-state index >= 15 is 0 Å². The topological polar surface area (TPSA) is 63.2 Å². The van der Waals surface area contributed by atoms with E-state index < -0.39 is 23.4 Å².